The van der Waals surface area contributed by atoms with Crippen molar-refractivity contribution in [1.82, 2.24) is 15.0 Å². The summed E-state index contributed by atoms with van der Waals surface area (Å²) in [5.41, 5.74) is 0. The number of aromatic nitrogens is 3. The van der Waals surface area contributed by atoms with E-state index < -0.39 is 0 Å². The topological polar surface area (TPSA) is 66.4 Å². The summed E-state index contributed by atoms with van der Waals surface area (Å²) in [5.74, 6) is 2.13. The van der Waals surface area contributed by atoms with Crippen LogP contribution in [0, 0.1) is 0 Å². The first kappa shape index (κ1) is 13.4. The van der Waals surface area contributed by atoms with Crippen molar-refractivity contribution in [2.75, 3.05) is 55.5 Å². The van der Waals surface area contributed by atoms with Gasteiger partial charge in [0.2, 0.25) is 17.8 Å². The van der Waals surface area contributed by atoms with E-state index in [1.54, 1.807) is 0 Å². The summed E-state index contributed by atoms with van der Waals surface area (Å²) in [7, 11) is 3.87. The quantitative estimate of drug-likeness (QED) is 0.871. The Balaban J connectivity index is 1.86. The predicted molar refractivity (Wildman–Crippen MR) is 78.4 cm³/mol. The molecule has 20 heavy (non-hydrogen) atoms. The second kappa shape index (κ2) is 5.78. The Morgan fingerprint density at radius 1 is 1.25 bits per heavy atom. The van der Waals surface area contributed by atoms with Crippen molar-refractivity contribution in [2.45, 2.75) is 25.3 Å². The van der Waals surface area contributed by atoms with Gasteiger partial charge in [-0.05, 0) is 19.3 Å². The van der Waals surface area contributed by atoms with Crippen molar-refractivity contribution in [3.63, 3.8) is 0 Å². The fraction of sp³-hybridized carbons (Fsp3) is 0.769. The maximum atomic E-state index is 5.45. The lowest BCUT2D eigenvalue weighted by atomic mass is 10.2. The lowest BCUT2D eigenvalue weighted by Gasteiger charge is -2.25. The molecule has 3 rings (SSSR count). The lowest BCUT2D eigenvalue weighted by molar-refractivity contribution is 0.193. The largest absolute Gasteiger partial charge is 0.379 e. The molecule has 1 aromatic heterocycles. The van der Waals surface area contributed by atoms with Gasteiger partial charge in [-0.1, -0.05) is 0 Å². The summed E-state index contributed by atoms with van der Waals surface area (Å²) in [5, 5.41) is 3.03. The molecule has 1 N–H and O–H groups in total. The molecular weight excluding hydrogens is 256 g/mol. The Morgan fingerprint density at radius 2 is 2.05 bits per heavy atom. The van der Waals surface area contributed by atoms with E-state index >= 15 is 0 Å². The summed E-state index contributed by atoms with van der Waals surface area (Å²) in [4.78, 5) is 17.9. The van der Waals surface area contributed by atoms with E-state index in [0.29, 0.717) is 12.0 Å². The highest BCUT2D eigenvalue weighted by molar-refractivity contribution is 5.45. The standard InChI is InChI=1S/C13H22N6O/c1-14-11-15-12(18(2)10-5-8-20-9-10)17-13(16-11)19-6-3-4-7-19/h10H,3-9H2,1-2H3,(H,14,15,16,17). The van der Waals surface area contributed by atoms with Gasteiger partial charge in [-0.25, -0.2) is 0 Å². The van der Waals surface area contributed by atoms with E-state index in [1.807, 2.05) is 14.1 Å². The molecular formula is C13H22N6O. The number of nitrogens with zero attached hydrogens (tertiary/aromatic N) is 5. The van der Waals surface area contributed by atoms with Gasteiger partial charge in [-0.15, -0.1) is 0 Å². The molecule has 110 valence electrons. The Labute approximate surface area is 119 Å². The van der Waals surface area contributed by atoms with Gasteiger partial charge in [-0.3, -0.25) is 0 Å². The van der Waals surface area contributed by atoms with Crippen LogP contribution >= 0.6 is 0 Å². The molecule has 3 heterocycles. The highest BCUT2D eigenvalue weighted by atomic mass is 16.5. The van der Waals surface area contributed by atoms with E-state index in [9.17, 15) is 0 Å². The normalized spacial score (nSPS) is 22.3. The van der Waals surface area contributed by atoms with Crippen LogP contribution in [-0.4, -0.2) is 61.4 Å². The number of hydrogen-bond acceptors (Lipinski definition) is 7. The van der Waals surface area contributed by atoms with E-state index in [0.717, 1.165) is 44.6 Å². The van der Waals surface area contributed by atoms with Crippen molar-refractivity contribution in [3.05, 3.63) is 0 Å². The van der Waals surface area contributed by atoms with Crippen LogP contribution in [0.2, 0.25) is 0 Å². The molecule has 0 aromatic carbocycles. The summed E-state index contributed by atoms with van der Waals surface area (Å²) >= 11 is 0. The van der Waals surface area contributed by atoms with E-state index in [-0.39, 0.29) is 0 Å². The van der Waals surface area contributed by atoms with Crippen molar-refractivity contribution in [3.8, 4) is 0 Å². The number of hydrogen-bond donors (Lipinski definition) is 1. The molecule has 0 amide bonds. The van der Waals surface area contributed by atoms with Crippen LogP contribution in [0.4, 0.5) is 17.8 Å². The van der Waals surface area contributed by atoms with Crippen LogP contribution in [0.1, 0.15) is 19.3 Å². The Kier molecular flexibility index (Phi) is 3.86. The van der Waals surface area contributed by atoms with Crippen molar-refractivity contribution < 1.29 is 4.74 Å². The monoisotopic (exact) mass is 278 g/mol. The van der Waals surface area contributed by atoms with Crippen LogP contribution in [0.5, 0.6) is 0 Å². The van der Waals surface area contributed by atoms with Crippen molar-refractivity contribution >= 4 is 17.8 Å². The number of likely N-dealkylation sites (N-methyl/N-ethyl adjacent to an activating group) is 1. The maximum absolute atomic E-state index is 5.45. The van der Waals surface area contributed by atoms with Gasteiger partial charge in [0.1, 0.15) is 0 Å². The molecule has 1 aromatic rings. The maximum Gasteiger partial charge on any atom is 0.232 e. The average molecular weight is 278 g/mol. The summed E-state index contributed by atoms with van der Waals surface area (Å²) in [6.45, 7) is 3.62. The fourth-order valence-electron chi connectivity index (χ4n) is 2.67. The third kappa shape index (κ3) is 2.63. The van der Waals surface area contributed by atoms with Gasteiger partial charge in [0.15, 0.2) is 0 Å². The molecule has 0 saturated carbocycles. The zero-order chi connectivity index (χ0) is 13.9. The highest BCUT2D eigenvalue weighted by Crippen LogP contribution is 2.22. The third-order valence-corrected chi connectivity index (χ3v) is 3.99. The van der Waals surface area contributed by atoms with Crippen molar-refractivity contribution in [1.29, 1.82) is 0 Å². The van der Waals surface area contributed by atoms with Gasteiger partial charge < -0.3 is 19.9 Å². The van der Waals surface area contributed by atoms with Gasteiger partial charge in [0.25, 0.3) is 0 Å². The number of rotatable bonds is 4. The molecule has 0 radical (unpaired) electrons. The van der Waals surface area contributed by atoms with E-state index in [2.05, 4.69) is 30.1 Å². The molecule has 1 unspecified atom stereocenters. The van der Waals surface area contributed by atoms with Gasteiger partial charge in [-0.2, -0.15) is 15.0 Å². The SMILES string of the molecule is CNc1nc(N2CCCC2)nc(N(C)C2CCOC2)n1. The molecule has 0 aliphatic carbocycles. The number of ether oxygens (including phenoxy) is 1. The smallest absolute Gasteiger partial charge is 0.232 e. The zero-order valence-corrected chi connectivity index (χ0v) is 12.2. The molecule has 7 nitrogen and oxygen atoms in total. The fourth-order valence-corrected chi connectivity index (χ4v) is 2.67. The van der Waals surface area contributed by atoms with E-state index in [1.165, 1.54) is 12.8 Å². The minimum atomic E-state index is 0.355. The van der Waals surface area contributed by atoms with Crippen molar-refractivity contribution in [2.24, 2.45) is 0 Å². The first-order chi connectivity index (χ1) is 9.78. The van der Waals surface area contributed by atoms with Crippen LogP contribution in [0.15, 0.2) is 0 Å². The predicted octanol–water partition coefficient (Wildman–Crippen LogP) is 0.739. The second-order valence-electron chi connectivity index (χ2n) is 5.33. The number of anilines is 3. The third-order valence-electron chi connectivity index (χ3n) is 3.99. The molecule has 0 bridgehead atoms. The molecule has 1 atom stereocenters. The molecule has 2 aliphatic rings. The average Bonchev–Trinajstić information content (AvgIpc) is 3.18. The van der Waals surface area contributed by atoms with Gasteiger partial charge in [0.05, 0.1) is 12.6 Å². The Bertz CT molecular complexity index is 456. The summed E-state index contributed by atoms with van der Waals surface area (Å²) in [6, 6.07) is 0.355. The minimum Gasteiger partial charge on any atom is -0.379 e. The summed E-state index contributed by atoms with van der Waals surface area (Å²) < 4.78 is 5.45. The van der Waals surface area contributed by atoms with Crippen LogP contribution in [0.25, 0.3) is 0 Å². The van der Waals surface area contributed by atoms with Crippen LogP contribution in [0.3, 0.4) is 0 Å². The number of nitrogens with one attached hydrogen (secondary N) is 1. The first-order valence-corrected chi connectivity index (χ1v) is 7.27. The minimum absolute atomic E-state index is 0.355. The van der Waals surface area contributed by atoms with E-state index in [4.69, 9.17) is 4.74 Å². The molecule has 2 saturated heterocycles. The Morgan fingerprint density at radius 3 is 2.70 bits per heavy atom. The van der Waals surface area contributed by atoms with Gasteiger partial charge >= 0.3 is 0 Å². The summed E-state index contributed by atoms with van der Waals surface area (Å²) in [6.07, 6.45) is 3.44. The molecule has 2 fully saturated rings. The highest BCUT2D eigenvalue weighted by Gasteiger charge is 2.24. The van der Waals surface area contributed by atoms with Gasteiger partial charge in [0, 0.05) is 33.8 Å². The molecule has 0 spiro atoms. The molecule has 2 aliphatic heterocycles. The Hall–Kier alpha value is -1.63. The van der Waals surface area contributed by atoms with Crippen LogP contribution < -0.4 is 15.1 Å². The lowest BCUT2D eigenvalue weighted by Crippen LogP contribution is -2.34. The zero-order valence-electron chi connectivity index (χ0n) is 12.2. The first-order valence-electron chi connectivity index (χ1n) is 7.27. The second-order valence-corrected chi connectivity index (χ2v) is 5.33. The molecule has 7 heteroatoms. The van der Waals surface area contributed by atoms with Crippen LogP contribution in [-0.2, 0) is 4.74 Å².